The molecule has 4 rings (SSSR count). The number of hydrogen-bond acceptors (Lipinski definition) is 3. The lowest BCUT2D eigenvalue weighted by Gasteiger charge is -2.37. The lowest BCUT2D eigenvalue weighted by atomic mass is 9.85. The van der Waals surface area contributed by atoms with Gasteiger partial charge in [-0.15, -0.1) is 0 Å². The Hall–Kier alpha value is -2.82. The molecule has 0 aliphatic carbocycles. The molecule has 0 unspecified atom stereocenters. The van der Waals surface area contributed by atoms with Gasteiger partial charge in [-0.25, -0.2) is 4.79 Å². The molecule has 5 heteroatoms. The highest BCUT2D eigenvalue weighted by Crippen LogP contribution is 2.36. The summed E-state index contributed by atoms with van der Waals surface area (Å²) in [5.74, 6) is 0. The van der Waals surface area contributed by atoms with Crippen molar-refractivity contribution in [1.29, 1.82) is 0 Å². The van der Waals surface area contributed by atoms with Gasteiger partial charge in [0.15, 0.2) is 0 Å². The van der Waals surface area contributed by atoms with Crippen LogP contribution in [0, 0.1) is 6.92 Å². The Kier molecular flexibility index (Phi) is 4.84. The fourth-order valence-electron chi connectivity index (χ4n) is 3.69. The molecule has 140 valence electrons. The Morgan fingerprint density at radius 2 is 1.81 bits per heavy atom. The summed E-state index contributed by atoms with van der Waals surface area (Å²) >= 11 is 0. The molecule has 1 N–H and O–H groups in total. The van der Waals surface area contributed by atoms with Crippen molar-refractivity contribution in [3.05, 3.63) is 71.3 Å². The van der Waals surface area contributed by atoms with Gasteiger partial charge in [-0.05, 0) is 18.1 Å². The summed E-state index contributed by atoms with van der Waals surface area (Å²) in [5, 5.41) is 7.35. The standard InChI is InChI=1S/C22H25N3O2/c1-17-7-9-18(10-8-17)16-23-21(26)25-13-11-22(12-14-25)15-20(24-27-22)19-5-3-2-4-6-19/h2-10H,11-16H2,1H3,(H,23,26). The monoisotopic (exact) mass is 363 g/mol. The van der Waals surface area contributed by atoms with Crippen LogP contribution >= 0.6 is 0 Å². The maximum Gasteiger partial charge on any atom is 0.317 e. The lowest BCUT2D eigenvalue weighted by Crippen LogP contribution is -2.49. The van der Waals surface area contributed by atoms with Crippen molar-refractivity contribution < 1.29 is 9.63 Å². The smallest absolute Gasteiger partial charge is 0.317 e. The zero-order valence-corrected chi connectivity index (χ0v) is 15.6. The van der Waals surface area contributed by atoms with Crippen molar-refractivity contribution in [2.45, 2.75) is 38.3 Å². The lowest BCUT2D eigenvalue weighted by molar-refractivity contribution is -0.0550. The number of nitrogens with one attached hydrogen (secondary N) is 1. The summed E-state index contributed by atoms with van der Waals surface area (Å²) in [6, 6.07) is 18.4. The summed E-state index contributed by atoms with van der Waals surface area (Å²) in [6.07, 6.45) is 2.44. The van der Waals surface area contributed by atoms with Gasteiger partial charge in [-0.3, -0.25) is 0 Å². The minimum atomic E-state index is -0.251. The molecular weight excluding hydrogens is 338 g/mol. The Bertz CT molecular complexity index is 822. The van der Waals surface area contributed by atoms with E-state index < -0.39 is 0 Å². The summed E-state index contributed by atoms with van der Waals surface area (Å²) in [5.41, 5.74) is 4.21. The molecule has 2 aliphatic rings. The Morgan fingerprint density at radius 3 is 2.52 bits per heavy atom. The van der Waals surface area contributed by atoms with Gasteiger partial charge in [0.1, 0.15) is 5.60 Å². The van der Waals surface area contributed by atoms with E-state index in [9.17, 15) is 4.79 Å². The average molecular weight is 363 g/mol. The first-order valence-corrected chi connectivity index (χ1v) is 9.52. The van der Waals surface area contributed by atoms with Crippen LogP contribution in [0.2, 0.25) is 0 Å². The summed E-state index contributed by atoms with van der Waals surface area (Å²) in [4.78, 5) is 20.2. The quantitative estimate of drug-likeness (QED) is 0.900. The first-order valence-electron chi connectivity index (χ1n) is 9.52. The molecule has 2 heterocycles. The van der Waals surface area contributed by atoms with Gasteiger partial charge >= 0.3 is 6.03 Å². The zero-order valence-electron chi connectivity index (χ0n) is 15.6. The molecule has 2 aliphatic heterocycles. The van der Waals surface area contributed by atoms with Crippen LogP contribution < -0.4 is 5.32 Å². The third-order valence-electron chi connectivity index (χ3n) is 5.47. The summed E-state index contributed by atoms with van der Waals surface area (Å²) in [7, 11) is 0. The van der Waals surface area contributed by atoms with Crippen molar-refractivity contribution in [1.82, 2.24) is 10.2 Å². The van der Waals surface area contributed by atoms with E-state index in [1.165, 1.54) is 5.56 Å². The van der Waals surface area contributed by atoms with Crippen molar-refractivity contribution >= 4 is 11.7 Å². The molecule has 27 heavy (non-hydrogen) atoms. The van der Waals surface area contributed by atoms with E-state index in [0.29, 0.717) is 19.6 Å². The van der Waals surface area contributed by atoms with Gasteiger partial charge in [0, 0.05) is 38.9 Å². The van der Waals surface area contributed by atoms with Crippen molar-refractivity contribution in [3.8, 4) is 0 Å². The Labute approximate surface area is 160 Å². The topological polar surface area (TPSA) is 53.9 Å². The molecular formula is C22H25N3O2. The van der Waals surface area contributed by atoms with Crippen molar-refractivity contribution in [2.75, 3.05) is 13.1 Å². The second-order valence-electron chi connectivity index (χ2n) is 7.49. The third-order valence-corrected chi connectivity index (χ3v) is 5.47. The van der Waals surface area contributed by atoms with E-state index in [-0.39, 0.29) is 11.6 Å². The third kappa shape index (κ3) is 3.97. The first kappa shape index (κ1) is 17.6. The number of carbonyl (C=O) groups is 1. The summed E-state index contributed by atoms with van der Waals surface area (Å²) in [6.45, 7) is 4.00. The number of likely N-dealkylation sites (tertiary alicyclic amines) is 1. The molecule has 1 saturated heterocycles. The van der Waals surface area contributed by atoms with E-state index in [4.69, 9.17) is 4.84 Å². The largest absolute Gasteiger partial charge is 0.388 e. The molecule has 0 atom stereocenters. The molecule has 0 aromatic heterocycles. The number of aryl methyl sites for hydroxylation is 1. The van der Waals surface area contributed by atoms with Crippen LogP contribution in [-0.4, -0.2) is 35.3 Å². The maximum absolute atomic E-state index is 12.5. The number of urea groups is 1. The van der Waals surface area contributed by atoms with E-state index in [1.807, 2.05) is 23.1 Å². The van der Waals surface area contributed by atoms with E-state index in [1.54, 1.807) is 0 Å². The molecule has 2 amide bonds. The van der Waals surface area contributed by atoms with Crippen LogP contribution in [0.4, 0.5) is 4.79 Å². The minimum Gasteiger partial charge on any atom is -0.388 e. The number of oxime groups is 1. The fraction of sp³-hybridized carbons (Fsp3) is 0.364. The van der Waals surface area contributed by atoms with E-state index in [2.05, 4.69) is 53.8 Å². The SMILES string of the molecule is Cc1ccc(CNC(=O)N2CCC3(CC2)CC(c2ccccc2)=NO3)cc1. The van der Waals surface area contributed by atoms with Crippen molar-refractivity contribution in [3.63, 3.8) is 0 Å². The van der Waals surface area contributed by atoms with Crippen LogP contribution in [0.25, 0.3) is 0 Å². The van der Waals surface area contributed by atoms with Crippen LogP contribution in [0.5, 0.6) is 0 Å². The summed E-state index contributed by atoms with van der Waals surface area (Å²) < 4.78 is 0. The molecule has 2 aromatic rings. The predicted molar refractivity (Wildman–Crippen MR) is 106 cm³/mol. The first-order chi connectivity index (χ1) is 13.1. The number of hydrogen-bond donors (Lipinski definition) is 1. The molecule has 1 spiro atoms. The highest BCUT2D eigenvalue weighted by atomic mass is 16.7. The van der Waals surface area contributed by atoms with Crippen molar-refractivity contribution in [2.24, 2.45) is 5.16 Å². The fourth-order valence-corrected chi connectivity index (χ4v) is 3.69. The Balaban J connectivity index is 1.28. The zero-order chi connectivity index (χ0) is 18.7. The predicted octanol–water partition coefficient (Wildman–Crippen LogP) is 3.86. The van der Waals surface area contributed by atoms with Crippen LogP contribution in [-0.2, 0) is 11.4 Å². The normalized spacial score (nSPS) is 18.1. The minimum absolute atomic E-state index is 0.00683. The maximum atomic E-state index is 12.5. The van der Waals surface area contributed by atoms with Crippen LogP contribution in [0.15, 0.2) is 59.8 Å². The van der Waals surface area contributed by atoms with E-state index >= 15 is 0 Å². The van der Waals surface area contributed by atoms with Gasteiger partial charge in [0.05, 0.1) is 5.71 Å². The molecule has 1 fully saturated rings. The second-order valence-corrected chi connectivity index (χ2v) is 7.49. The van der Waals surface area contributed by atoms with Gasteiger partial charge in [0.2, 0.25) is 0 Å². The number of nitrogens with zero attached hydrogens (tertiary/aromatic N) is 2. The number of carbonyl (C=O) groups excluding carboxylic acids is 1. The van der Waals surface area contributed by atoms with E-state index in [0.717, 1.165) is 36.1 Å². The highest BCUT2D eigenvalue weighted by Gasteiger charge is 2.43. The molecule has 0 bridgehead atoms. The molecule has 0 radical (unpaired) electrons. The highest BCUT2D eigenvalue weighted by molar-refractivity contribution is 6.01. The second kappa shape index (κ2) is 7.43. The molecule has 2 aromatic carbocycles. The number of amides is 2. The molecule has 5 nitrogen and oxygen atoms in total. The number of piperidine rings is 1. The number of rotatable bonds is 3. The van der Waals surface area contributed by atoms with Gasteiger partial charge in [0.25, 0.3) is 0 Å². The van der Waals surface area contributed by atoms with Gasteiger partial charge < -0.3 is 15.1 Å². The Morgan fingerprint density at radius 1 is 1.11 bits per heavy atom. The van der Waals surface area contributed by atoms with Crippen LogP contribution in [0.3, 0.4) is 0 Å². The number of benzene rings is 2. The molecule has 0 saturated carbocycles. The van der Waals surface area contributed by atoms with Gasteiger partial charge in [-0.1, -0.05) is 65.3 Å². The van der Waals surface area contributed by atoms with Gasteiger partial charge in [-0.2, -0.15) is 0 Å². The average Bonchev–Trinajstić information content (AvgIpc) is 3.12. The van der Waals surface area contributed by atoms with Crippen LogP contribution in [0.1, 0.15) is 36.0 Å².